The molecule has 2 aromatic carbocycles. The van der Waals surface area contributed by atoms with Gasteiger partial charge in [0.1, 0.15) is 5.75 Å². The minimum atomic E-state index is 0.758. The van der Waals surface area contributed by atoms with Crippen LogP contribution in [0.5, 0.6) is 5.75 Å². The Kier molecular flexibility index (Phi) is 5.21. The lowest BCUT2D eigenvalue weighted by Crippen LogP contribution is -2.23. The van der Waals surface area contributed by atoms with Gasteiger partial charge in [0.2, 0.25) is 0 Å². The zero-order valence-electron chi connectivity index (χ0n) is 14.9. The molecule has 0 saturated carbocycles. The topological polar surface area (TPSA) is 37.7 Å². The molecule has 0 unspecified atom stereocenters. The van der Waals surface area contributed by atoms with Gasteiger partial charge >= 0.3 is 0 Å². The van der Waals surface area contributed by atoms with Crippen LogP contribution < -0.4 is 9.64 Å². The second-order valence-corrected chi connectivity index (χ2v) is 7.08. The lowest BCUT2D eigenvalue weighted by molar-refractivity contribution is 0.413. The van der Waals surface area contributed by atoms with Gasteiger partial charge in [-0.25, -0.2) is 4.99 Å². The van der Waals surface area contributed by atoms with Gasteiger partial charge in [-0.1, -0.05) is 48.2 Å². The molecular weight excluding hydrogens is 354 g/mol. The number of anilines is 1. The quantitative estimate of drug-likeness (QED) is 0.616. The maximum Gasteiger partial charge on any atom is 0.173 e. The summed E-state index contributed by atoms with van der Waals surface area (Å²) in [5, 5.41) is 0.965. The Bertz CT molecular complexity index is 954. The van der Waals surface area contributed by atoms with E-state index in [0.29, 0.717) is 0 Å². The summed E-state index contributed by atoms with van der Waals surface area (Å²) in [6.45, 7) is 0.772. The summed E-state index contributed by atoms with van der Waals surface area (Å²) < 4.78 is 5.18. The van der Waals surface area contributed by atoms with Gasteiger partial charge in [0.25, 0.3) is 0 Å². The fourth-order valence-corrected chi connectivity index (χ4v) is 3.81. The third-order valence-corrected chi connectivity index (χ3v) is 5.12. The van der Waals surface area contributed by atoms with Crippen molar-refractivity contribution in [3.05, 3.63) is 89.6 Å². The lowest BCUT2D eigenvalue weighted by atomic mass is 10.3. The first-order valence-electron chi connectivity index (χ1n) is 8.66. The first kappa shape index (κ1) is 17.4. The molecule has 0 atom stereocenters. The Balaban J connectivity index is 1.66. The van der Waals surface area contributed by atoms with Crippen molar-refractivity contribution < 1.29 is 4.74 Å². The fourth-order valence-electron chi connectivity index (χ4n) is 2.77. The van der Waals surface area contributed by atoms with Crippen LogP contribution in [0.1, 0.15) is 5.69 Å². The molecule has 0 amide bonds. The Morgan fingerprint density at radius 3 is 2.41 bits per heavy atom. The van der Waals surface area contributed by atoms with E-state index < -0.39 is 0 Å². The number of pyridine rings is 1. The van der Waals surface area contributed by atoms with Gasteiger partial charge in [-0.15, -0.1) is 0 Å². The molecular formula is C22H19N3OS. The van der Waals surface area contributed by atoms with Crippen molar-refractivity contribution in [1.82, 2.24) is 4.98 Å². The molecule has 27 heavy (non-hydrogen) atoms. The number of aliphatic imine (C=N–C) groups is 1. The molecule has 1 fully saturated rings. The summed E-state index contributed by atoms with van der Waals surface area (Å²) in [7, 11) is 1.64. The van der Waals surface area contributed by atoms with Gasteiger partial charge in [-0.2, -0.15) is 0 Å². The maximum absolute atomic E-state index is 5.18. The van der Waals surface area contributed by atoms with Crippen LogP contribution in [0.2, 0.25) is 0 Å². The second kappa shape index (κ2) is 8.10. The minimum absolute atomic E-state index is 0.758. The van der Waals surface area contributed by atoms with Crippen LogP contribution in [0.25, 0.3) is 6.08 Å². The van der Waals surface area contributed by atoms with Crippen LogP contribution in [0, 0.1) is 0 Å². The molecule has 1 aliphatic rings. The monoisotopic (exact) mass is 373 g/mol. The summed E-state index contributed by atoms with van der Waals surface area (Å²) in [5.41, 5.74) is 2.99. The molecule has 2 heterocycles. The average Bonchev–Trinajstić information content (AvgIpc) is 3.12. The van der Waals surface area contributed by atoms with Crippen molar-refractivity contribution in [1.29, 1.82) is 0 Å². The van der Waals surface area contributed by atoms with E-state index in [1.165, 1.54) is 4.91 Å². The molecule has 0 spiro atoms. The minimum Gasteiger partial charge on any atom is -0.495 e. The van der Waals surface area contributed by atoms with Gasteiger partial charge in [0.05, 0.1) is 31.2 Å². The van der Waals surface area contributed by atoms with E-state index >= 15 is 0 Å². The number of thioether (sulfide) groups is 1. The van der Waals surface area contributed by atoms with Crippen LogP contribution in [-0.4, -0.2) is 23.8 Å². The molecule has 0 N–H and O–H groups in total. The second-order valence-electron chi connectivity index (χ2n) is 5.99. The van der Waals surface area contributed by atoms with Crippen molar-refractivity contribution in [3.63, 3.8) is 0 Å². The SMILES string of the molecule is COc1ccc(/C=C2/CN(c3ccccc3)C(=Nc3ccccc3)S2)nc1. The number of amidine groups is 1. The number of benzene rings is 2. The van der Waals surface area contributed by atoms with Gasteiger partial charge in [0.15, 0.2) is 5.17 Å². The van der Waals surface area contributed by atoms with E-state index in [1.807, 2.05) is 60.7 Å². The first-order chi connectivity index (χ1) is 13.3. The highest BCUT2D eigenvalue weighted by molar-refractivity contribution is 8.18. The van der Waals surface area contributed by atoms with E-state index in [0.717, 1.165) is 34.5 Å². The highest BCUT2D eigenvalue weighted by Gasteiger charge is 2.25. The third-order valence-electron chi connectivity index (χ3n) is 4.12. The molecule has 1 aromatic heterocycles. The van der Waals surface area contributed by atoms with Crippen molar-refractivity contribution in [2.45, 2.75) is 0 Å². The molecule has 1 aliphatic heterocycles. The first-order valence-corrected chi connectivity index (χ1v) is 9.48. The molecule has 0 bridgehead atoms. The summed E-state index contributed by atoms with van der Waals surface area (Å²) in [6, 6.07) is 24.3. The number of hydrogen-bond donors (Lipinski definition) is 0. The standard InChI is InChI=1S/C22H19N3OS/c1-26-20-13-12-18(23-15-20)14-21-16-25(19-10-6-3-7-11-19)22(27-21)24-17-8-4-2-5-9-17/h2-15H,16H2,1H3/b21-14-,24-22?. The smallest absolute Gasteiger partial charge is 0.173 e. The van der Waals surface area contributed by atoms with Gasteiger partial charge in [-0.3, -0.25) is 4.98 Å². The van der Waals surface area contributed by atoms with E-state index in [-0.39, 0.29) is 0 Å². The summed E-state index contributed by atoms with van der Waals surface area (Å²) in [6.07, 6.45) is 3.84. The van der Waals surface area contributed by atoms with Crippen LogP contribution in [0.15, 0.2) is 88.9 Å². The molecule has 5 heteroatoms. The predicted molar refractivity (Wildman–Crippen MR) is 114 cm³/mol. The Morgan fingerprint density at radius 1 is 1.00 bits per heavy atom. The number of ether oxygens (including phenoxy) is 1. The van der Waals surface area contributed by atoms with E-state index in [4.69, 9.17) is 9.73 Å². The van der Waals surface area contributed by atoms with E-state index in [9.17, 15) is 0 Å². The van der Waals surface area contributed by atoms with Crippen LogP contribution in [-0.2, 0) is 0 Å². The number of para-hydroxylation sites is 2. The molecule has 4 nitrogen and oxygen atoms in total. The van der Waals surface area contributed by atoms with E-state index in [2.05, 4.69) is 28.1 Å². The van der Waals surface area contributed by atoms with Gasteiger partial charge in [-0.05, 0) is 42.5 Å². The Morgan fingerprint density at radius 2 is 1.74 bits per heavy atom. The Hall–Kier alpha value is -3.05. The van der Waals surface area contributed by atoms with Crippen molar-refractivity contribution >= 4 is 34.4 Å². The van der Waals surface area contributed by atoms with Crippen molar-refractivity contribution in [2.75, 3.05) is 18.6 Å². The zero-order chi connectivity index (χ0) is 18.5. The number of methoxy groups -OCH3 is 1. The summed E-state index contributed by atoms with van der Waals surface area (Å²) in [4.78, 5) is 12.7. The highest BCUT2D eigenvalue weighted by atomic mass is 32.2. The van der Waals surface area contributed by atoms with Crippen LogP contribution in [0.4, 0.5) is 11.4 Å². The number of nitrogens with zero attached hydrogens (tertiary/aromatic N) is 3. The number of aromatic nitrogens is 1. The lowest BCUT2D eigenvalue weighted by Gasteiger charge is -2.17. The van der Waals surface area contributed by atoms with Crippen LogP contribution in [0.3, 0.4) is 0 Å². The van der Waals surface area contributed by atoms with E-state index in [1.54, 1.807) is 25.1 Å². The maximum atomic E-state index is 5.18. The molecule has 4 rings (SSSR count). The predicted octanol–water partition coefficient (Wildman–Crippen LogP) is 5.37. The third kappa shape index (κ3) is 4.20. The molecule has 0 radical (unpaired) electrons. The zero-order valence-corrected chi connectivity index (χ0v) is 15.8. The summed E-state index contributed by atoms with van der Waals surface area (Å²) >= 11 is 1.68. The molecule has 3 aromatic rings. The highest BCUT2D eigenvalue weighted by Crippen LogP contribution is 2.35. The van der Waals surface area contributed by atoms with Crippen molar-refractivity contribution in [2.24, 2.45) is 4.99 Å². The molecule has 1 saturated heterocycles. The Labute approximate surface area is 163 Å². The largest absolute Gasteiger partial charge is 0.495 e. The number of hydrogen-bond acceptors (Lipinski definition) is 4. The molecule has 0 aliphatic carbocycles. The number of rotatable bonds is 4. The fraction of sp³-hybridized carbons (Fsp3) is 0.0909. The molecule has 134 valence electrons. The van der Waals surface area contributed by atoms with Gasteiger partial charge < -0.3 is 9.64 Å². The van der Waals surface area contributed by atoms with Gasteiger partial charge in [0, 0.05) is 10.6 Å². The summed E-state index contributed by atoms with van der Waals surface area (Å²) in [5.74, 6) is 0.758. The normalized spacial score (nSPS) is 16.9. The van der Waals surface area contributed by atoms with Crippen molar-refractivity contribution in [3.8, 4) is 5.75 Å². The average molecular weight is 373 g/mol. The van der Waals surface area contributed by atoms with Crippen LogP contribution >= 0.6 is 11.8 Å².